The van der Waals surface area contributed by atoms with Crippen LogP contribution in [0.3, 0.4) is 0 Å². The molecule has 26 heavy (non-hydrogen) atoms. The number of rotatable bonds is 5. The van der Waals surface area contributed by atoms with Gasteiger partial charge in [0, 0.05) is 36.9 Å². The van der Waals surface area contributed by atoms with E-state index in [-0.39, 0.29) is 17.3 Å². The van der Waals surface area contributed by atoms with Crippen LogP contribution in [0.1, 0.15) is 0 Å². The Morgan fingerprint density at radius 2 is 1.58 bits per heavy atom. The molecule has 1 aliphatic rings. The summed E-state index contributed by atoms with van der Waals surface area (Å²) in [6.07, 6.45) is 0. The van der Waals surface area contributed by atoms with Gasteiger partial charge in [0.05, 0.1) is 11.4 Å². The maximum atomic E-state index is 12.7. The average molecular weight is 394 g/mol. The van der Waals surface area contributed by atoms with Crippen LogP contribution < -0.4 is 5.32 Å². The molecule has 1 saturated heterocycles. The fourth-order valence-electron chi connectivity index (χ4n) is 2.81. The van der Waals surface area contributed by atoms with Gasteiger partial charge in [-0.2, -0.15) is 4.31 Å². The van der Waals surface area contributed by atoms with E-state index in [1.807, 2.05) is 35.2 Å². The van der Waals surface area contributed by atoms with Gasteiger partial charge in [0.15, 0.2) is 0 Å². The summed E-state index contributed by atoms with van der Waals surface area (Å²) in [6.45, 7) is 1.96. The highest BCUT2D eigenvalue weighted by Crippen LogP contribution is 2.19. The summed E-state index contributed by atoms with van der Waals surface area (Å²) >= 11 is 5.82. The Kier molecular flexibility index (Phi) is 5.93. The summed E-state index contributed by atoms with van der Waals surface area (Å²) in [5, 5.41) is 3.34. The topological polar surface area (TPSA) is 69.7 Å². The molecule has 2 aromatic rings. The average Bonchev–Trinajstić information content (AvgIpc) is 2.63. The first-order valence-corrected chi connectivity index (χ1v) is 10.1. The molecule has 0 aromatic heterocycles. The van der Waals surface area contributed by atoms with Crippen LogP contribution in [-0.2, 0) is 14.8 Å². The molecule has 2 aromatic carbocycles. The third kappa shape index (κ3) is 4.62. The Hall–Kier alpha value is -1.93. The van der Waals surface area contributed by atoms with E-state index in [0.29, 0.717) is 31.2 Å². The van der Waals surface area contributed by atoms with Gasteiger partial charge in [-0.15, -0.1) is 0 Å². The standard InChI is InChI=1S/C18H20ClN3O3S/c19-15-6-8-17(9-7-15)26(24,25)22-12-10-21(11-13-22)14-18(23)20-16-4-2-1-3-5-16/h1-9H,10-14H2,(H,20,23). The highest BCUT2D eigenvalue weighted by molar-refractivity contribution is 7.89. The van der Waals surface area contributed by atoms with Gasteiger partial charge in [-0.25, -0.2) is 8.42 Å². The van der Waals surface area contributed by atoms with Crippen molar-refractivity contribution in [1.82, 2.24) is 9.21 Å². The minimum Gasteiger partial charge on any atom is -0.325 e. The SMILES string of the molecule is O=C(CN1CCN(S(=O)(=O)c2ccc(Cl)cc2)CC1)Nc1ccccc1. The predicted molar refractivity (Wildman–Crippen MR) is 102 cm³/mol. The van der Waals surface area contributed by atoms with Crippen molar-refractivity contribution in [2.45, 2.75) is 4.90 Å². The first kappa shape index (κ1) is 18.8. The molecule has 0 spiro atoms. The Morgan fingerprint density at radius 1 is 0.962 bits per heavy atom. The summed E-state index contributed by atoms with van der Waals surface area (Å²) < 4.78 is 26.8. The molecule has 0 aliphatic carbocycles. The number of para-hydroxylation sites is 1. The molecule has 1 amide bonds. The lowest BCUT2D eigenvalue weighted by Gasteiger charge is -2.33. The van der Waals surface area contributed by atoms with Crippen LogP contribution >= 0.6 is 11.6 Å². The van der Waals surface area contributed by atoms with E-state index in [1.165, 1.54) is 16.4 Å². The number of hydrogen-bond acceptors (Lipinski definition) is 4. The molecule has 0 unspecified atom stereocenters. The van der Waals surface area contributed by atoms with Crippen LogP contribution in [0.25, 0.3) is 0 Å². The fraction of sp³-hybridized carbons (Fsp3) is 0.278. The molecule has 1 N–H and O–H groups in total. The number of sulfonamides is 1. The Morgan fingerprint density at radius 3 is 2.19 bits per heavy atom. The lowest BCUT2D eigenvalue weighted by Crippen LogP contribution is -2.50. The van der Waals surface area contributed by atoms with Gasteiger partial charge in [0.1, 0.15) is 0 Å². The Bertz CT molecular complexity index is 849. The van der Waals surface area contributed by atoms with Crippen molar-refractivity contribution in [3.05, 3.63) is 59.6 Å². The summed E-state index contributed by atoms with van der Waals surface area (Å²) in [5.74, 6) is -0.106. The largest absolute Gasteiger partial charge is 0.325 e. The smallest absolute Gasteiger partial charge is 0.243 e. The van der Waals surface area contributed by atoms with Crippen molar-refractivity contribution in [3.8, 4) is 0 Å². The van der Waals surface area contributed by atoms with E-state index in [9.17, 15) is 13.2 Å². The van der Waals surface area contributed by atoms with E-state index in [4.69, 9.17) is 11.6 Å². The van der Waals surface area contributed by atoms with Gasteiger partial charge < -0.3 is 5.32 Å². The molecular weight excluding hydrogens is 374 g/mol. The number of halogens is 1. The first-order valence-electron chi connectivity index (χ1n) is 8.28. The van der Waals surface area contributed by atoms with Gasteiger partial charge in [0.2, 0.25) is 15.9 Å². The molecule has 0 radical (unpaired) electrons. The van der Waals surface area contributed by atoms with E-state index < -0.39 is 10.0 Å². The molecule has 1 heterocycles. The van der Waals surface area contributed by atoms with Gasteiger partial charge in [-0.05, 0) is 36.4 Å². The molecule has 8 heteroatoms. The number of carbonyl (C=O) groups is 1. The predicted octanol–water partition coefficient (Wildman–Crippen LogP) is 2.29. The van der Waals surface area contributed by atoms with Crippen LogP contribution in [0.2, 0.25) is 5.02 Å². The zero-order valence-corrected chi connectivity index (χ0v) is 15.7. The monoisotopic (exact) mass is 393 g/mol. The van der Waals surface area contributed by atoms with Gasteiger partial charge in [-0.3, -0.25) is 9.69 Å². The van der Waals surface area contributed by atoms with E-state index in [2.05, 4.69) is 5.32 Å². The molecule has 0 bridgehead atoms. The number of carbonyl (C=O) groups excluding carboxylic acids is 1. The second kappa shape index (κ2) is 8.18. The molecule has 1 aliphatic heterocycles. The number of anilines is 1. The summed E-state index contributed by atoms with van der Waals surface area (Å²) in [5.41, 5.74) is 0.751. The third-order valence-corrected chi connectivity index (χ3v) is 6.37. The van der Waals surface area contributed by atoms with Crippen molar-refractivity contribution in [2.24, 2.45) is 0 Å². The van der Waals surface area contributed by atoms with Crippen molar-refractivity contribution in [3.63, 3.8) is 0 Å². The van der Waals surface area contributed by atoms with Crippen LogP contribution in [0.15, 0.2) is 59.5 Å². The van der Waals surface area contributed by atoms with Crippen molar-refractivity contribution in [2.75, 3.05) is 38.0 Å². The van der Waals surface area contributed by atoms with E-state index >= 15 is 0 Å². The van der Waals surface area contributed by atoms with Crippen LogP contribution in [0.5, 0.6) is 0 Å². The zero-order valence-electron chi connectivity index (χ0n) is 14.1. The molecule has 6 nitrogen and oxygen atoms in total. The number of piperazine rings is 1. The van der Waals surface area contributed by atoms with Gasteiger partial charge in [0.25, 0.3) is 0 Å². The molecule has 1 fully saturated rings. The molecule has 138 valence electrons. The van der Waals surface area contributed by atoms with E-state index in [0.717, 1.165) is 5.69 Å². The Labute approximate surface area is 158 Å². The highest BCUT2D eigenvalue weighted by Gasteiger charge is 2.28. The van der Waals surface area contributed by atoms with Crippen LogP contribution in [-0.4, -0.2) is 56.3 Å². The lowest BCUT2D eigenvalue weighted by atomic mass is 10.3. The van der Waals surface area contributed by atoms with Gasteiger partial charge >= 0.3 is 0 Å². The number of benzene rings is 2. The summed E-state index contributed by atoms with van der Waals surface area (Å²) in [7, 11) is -3.53. The highest BCUT2D eigenvalue weighted by atomic mass is 35.5. The van der Waals surface area contributed by atoms with E-state index in [1.54, 1.807) is 12.1 Å². The number of nitrogens with one attached hydrogen (secondary N) is 1. The molecule has 3 rings (SSSR count). The second-order valence-corrected chi connectivity index (χ2v) is 8.42. The maximum Gasteiger partial charge on any atom is 0.243 e. The zero-order chi connectivity index (χ0) is 18.6. The lowest BCUT2D eigenvalue weighted by molar-refractivity contribution is -0.117. The minimum atomic E-state index is -3.53. The van der Waals surface area contributed by atoms with Gasteiger partial charge in [-0.1, -0.05) is 29.8 Å². The fourth-order valence-corrected chi connectivity index (χ4v) is 4.36. The second-order valence-electron chi connectivity index (χ2n) is 6.05. The Balaban J connectivity index is 1.54. The van der Waals surface area contributed by atoms with Crippen molar-refractivity contribution >= 4 is 33.2 Å². The van der Waals surface area contributed by atoms with Crippen LogP contribution in [0, 0.1) is 0 Å². The maximum absolute atomic E-state index is 12.7. The van der Waals surface area contributed by atoms with Crippen LogP contribution in [0.4, 0.5) is 5.69 Å². The first-order chi connectivity index (χ1) is 12.4. The number of hydrogen-bond donors (Lipinski definition) is 1. The molecule has 0 atom stereocenters. The summed E-state index contributed by atoms with van der Waals surface area (Å²) in [6, 6.07) is 15.4. The van der Waals surface area contributed by atoms with Crippen molar-refractivity contribution < 1.29 is 13.2 Å². The third-order valence-electron chi connectivity index (χ3n) is 4.21. The number of nitrogens with zero attached hydrogens (tertiary/aromatic N) is 2. The summed E-state index contributed by atoms with van der Waals surface area (Å²) in [4.78, 5) is 14.3. The normalized spacial score (nSPS) is 16.3. The minimum absolute atomic E-state index is 0.106. The van der Waals surface area contributed by atoms with Crippen molar-refractivity contribution in [1.29, 1.82) is 0 Å². The molecule has 0 saturated carbocycles. The molecular formula is C18H20ClN3O3S. The quantitative estimate of drug-likeness (QED) is 0.846. The number of amides is 1.